The normalized spacial score (nSPS) is 12.3. The first-order valence-corrected chi connectivity index (χ1v) is 8.18. The van der Waals surface area contributed by atoms with E-state index in [1.807, 2.05) is 30.3 Å². The van der Waals surface area contributed by atoms with Crippen LogP contribution in [0.1, 0.15) is 12.8 Å². The number of hydrogen-bond acceptors (Lipinski definition) is 5. The highest BCUT2D eigenvalue weighted by Crippen LogP contribution is 2.45. The molecule has 0 saturated carbocycles. The van der Waals surface area contributed by atoms with Gasteiger partial charge in [-0.1, -0.05) is 30.3 Å². The molecule has 1 aromatic carbocycles. The maximum absolute atomic E-state index is 13.0. The molecule has 0 fully saturated rings. The van der Waals surface area contributed by atoms with E-state index in [4.69, 9.17) is 22.9 Å². The van der Waals surface area contributed by atoms with Gasteiger partial charge >= 0.3 is 0 Å². The van der Waals surface area contributed by atoms with E-state index < -0.39 is 19.5 Å². The van der Waals surface area contributed by atoms with E-state index in [0.29, 0.717) is 25.2 Å². The molecule has 18 heavy (non-hydrogen) atoms. The van der Waals surface area contributed by atoms with Crippen LogP contribution in [0, 0.1) is 0 Å². The second-order valence-electron chi connectivity index (χ2n) is 4.58. The topological polar surface area (TPSA) is 121 Å². The fraction of sp³-hybridized carbons (Fsp3) is 0.500. The van der Waals surface area contributed by atoms with Crippen LogP contribution in [0.2, 0.25) is 0 Å². The number of benzene rings is 1. The van der Waals surface area contributed by atoms with Crippen LogP contribution in [0.15, 0.2) is 30.3 Å². The molecule has 102 valence electrons. The standard InChI is InChI=1S/C12H23N4OP/c13-11(14)6-8-18(17,9-7-12(15)16)10-4-2-1-3-5-10/h1-5,11-12H,6-9,13-16H2. The van der Waals surface area contributed by atoms with Crippen molar-refractivity contribution in [3.63, 3.8) is 0 Å². The van der Waals surface area contributed by atoms with E-state index >= 15 is 0 Å². The molecule has 0 saturated heterocycles. The van der Waals surface area contributed by atoms with E-state index in [2.05, 4.69) is 0 Å². The summed E-state index contributed by atoms with van der Waals surface area (Å²) in [7, 11) is -2.50. The van der Waals surface area contributed by atoms with Crippen LogP contribution >= 0.6 is 7.14 Å². The van der Waals surface area contributed by atoms with Gasteiger partial charge in [0.2, 0.25) is 0 Å². The molecule has 5 nitrogen and oxygen atoms in total. The summed E-state index contributed by atoms with van der Waals surface area (Å²) >= 11 is 0. The first-order valence-electron chi connectivity index (χ1n) is 6.10. The highest BCUT2D eigenvalue weighted by Gasteiger charge is 2.24. The second-order valence-corrected chi connectivity index (χ2v) is 7.77. The molecule has 6 heteroatoms. The van der Waals surface area contributed by atoms with Crippen molar-refractivity contribution in [3.05, 3.63) is 30.3 Å². The molecular formula is C12H23N4OP. The number of rotatable bonds is 7. The molecule has 1 aromatic rings. The van der Waals surface area contributed by atoms with Crippen LogP contribution in [0.25, 0.3) is 0 Å². The van der Waals surface area contributed by atoms with Gasteiger partial charge in [-0.3, -0.25) is 0 Å². The van der Waals surface area contributed by atoms with Crippen molar-refractivity contribution < 1.29 is 4.57 Å². The highest BCUT2D eigenvalue weighted by atomic mass is 31.2. The molecule has 0 heterocycles. The number of nitrogens with two attached hydrogens (primary N) is 4. The minimum Gasteiger partial charge on any atom is -0.319 e. The van der Waals surface area contributed by atoms with Gasteiger partial charge in [-0.15, -0.1) is 0 Å². The summed E-state index contributed by atoms with van der Waals surface area (Å²) in [6, 6.07) is 9.42. The molecule has 8 N–H and O–H groups in total. The second kappa shape index (κ2) is 7.02. The molecule has 0 aromatic heterocycles. The lowest BCUT2D eigenvalue weighted by Gasteiger charge is -2.20. The molecule has 0 aliphatic rings. The van der Waals surface area contributed by atoms with E-state index in [9.17, 15) is 4.57 Å². The first-order chi connectivity index (χ1) is 8.44. The maximum atomic E-state index is 13.0. The molecule has 0 aliphatic heterocycles. The van der Waals surface area contributed by atoms with Crippen LogP contribution in [0.4, 0.5) is 0 Å². The third-order valence-electron chi connectivity index (χ3n) is 2.87. The van der Waals surface area contributed by atoms with Gasteiger partial charge in [-0.25, -0.2) is 0 Å². The van der Waals surface area contributed by atoms with Gasteiger partial charge < -0.3 is 27.5 Å². The zero-order chi connectivity index (χ0) is 13.6. The van der Waals surface area contributed by atoms with Crippen LogP contribution in [-0.4, -0.2) is 24.7 Å². The summed E-state index contributed by atoms with van der Waals surface area (Å²) in [6.45, 7) is 0. The Morgan fingerprint density at radius 3 is 1.72 bits per heavy atom. The van der Waals surface area contributed by atoms with Crippen molar-refractivity contribution >= 4 is 12.4 Å². The molecule has 0 radical (unpaired) electrons. The maximum Gasteiger partial charge on any atom is 0.115 e. The lowest BCUT2D eigenvalue weighted by atomic mass is 10.4. The Kier molecular flexibility index (Phi) is 5.99. The fourth-order valence-electron chi connectivity index (χ4n) is 1.78. The predicted molar refractivity (Wildman–Crippen MR) is 77.0 cm³/mol. The van der Waals surface area contributed by atoms with Crippen LogP contribution in [0.5, 0.6) is 0 Å². The minimum atomic E-state index is -2.50. The summed E-state index contributed by atoms with van der Waals surface area (Å²) in [5.74, 6) is 0. The molecule has 0 spiro atoms. The van der Waals surface area contributed by atoms with Gasteiger partial charge in [0, 0.05) is 17.6 Å². The van der Waals surface area contributed by atoms with Gasteiger partial charge in [0.25, 0.3) is 0 Å². The van der Waals surface area contributed by atoms with Crippen molar-refractivity contribution in [1.29, 1.82) is 0 Å². The summed E-state index contributed by atoms with van der Waals surface area (Å²) in [6.07, 6.45) is 1.20. The van der Waals surface area contributed by atoms with E-state index in [1.165, 1.54) is 0 Å². The Morgan fingerprint density at radius 2 is 1.33 bits per heavy atom. The van der Waals surface area contributed by atoms with Crippen LogP contribution < -0.4 is 28.2 Å². The third kappa shape index (κ3) is 4.88. The summed E-state index contributed by atoms with van der Waals surface area (Å²) < 4.78 is 13.0. The SMILES string of the molecule is NC(N)CCP(=O)(CCC(N)N)c1ccccc1. The molecule has 0 unspecified atom stereocenters. The average Bonchev–Trinajstić information content (AvgIpc) is 2.35. The van der Waals surface area contributed by atoms with Crippen molar-refractivity contribution in [2.24, 2.45) is 22.9 Å². The Balaban J connectivity index is 2.83. The molecule has 0 aliphatic carbocycles. The quantitative estimate of drug-likeness (QED) is 0.408. The van der Waals surface area contributed by atoms with Gasteiger partial charge in [-0.05, 0) is 12.8 Å². The lowest BCUT2D eigenvalue weighted by Crippen LogP contribution is -2.33. The lowest BCUT2D eigenvalue weighted by molar-refractivity contribution is 0.567. The summed E-state index contributed by atoms with van der Waals surface area (Å²) in [5.41, 5.74) is 22.2. The van der Waals surface area contributed by atoms with Gasteiger partial charge in [0.15, 0.2) is 0 Å². The third-order valence-corrected chi connectivity index (χ3v) is 6.07. The van der Waals surface area contributed by atoms with E-state index in [1.54, 1.807) is 0 Å². The van der Waals surface area contributed by atoms with Crippen LogP contribution in [-0.2, 0) is 4.57 Å². The molecular weight excluding hydrogens is 247 g/mol. The van der Waals surface area contributed by atoms with Crippen molar-refractivity contribution in [3.8, 4) is 0 Å². The average molecular weight is 270 g/mol. The highest BCUT2D eigenvalue weighted by molar-refractivity contribution is 7.71. The predicted octanol–water partition coefficient (Wildman–Crippen LogP) is -0.0578. The summed E-state index contributed by atoms with van der Waals surface area (Å²) in [5, 5.41) is 0.853. The van der Waals surface area contributed by atoms with E-state index in [-0.39, 0.29) is 0 Å². The monoisotopic (exact) mass is 270 g/mol. The molecule has 0 atom stereocenters. The van der Waals surface area contributed by atoms with Gasteiger partial charge in [-0.2, -0.15) is 0 Å². The molecule has 0 amide bonds. The van der Waals surface area contributed by atoms with Gasteiger partial charge in [0.1, 0.15) is 7.14 Å². The largest absolute Gasteiger partial charge is 0.319 e. The zero-order valence-electron chi connectivity index (χ0n) is 10.5. The molecule has 1 rings (SSSR count). The Labute approximate surface area is 108 Å². The van der Waals surface area contributed by atoms with Gasteiger partial charge in [0.05, 0.1) is 12.3 Å². The number of hydrogen-bond donors (Lipinski definition) is 4. The fourth-order valence-corrected chi connectivity index (χ4v) is 4.67. The zero-order valence-corrected chi connectivity index (χ0v) is 11.4. The Morgan fingerprint density at radius 1 is 0.889 bits per heavy atom. The Bertz CT molecular complexity index is 378. The Hall–Kier alpha value is -0.710. The summed E-state index contributed by atoms with van der Waals surface area (Å²) in [4.78, 5) is 0. The van der Waals surface area contributed by atoms with Crippen molar-refractivity contribution in [1.82, 2.24) is 0 Å². The van der Waals surface area contributed by atoms with Crippen molar-refractivity contribution in [2.75, 3.05) is 12.3 Å². The minimum absolute atomic E-state index is 0.436. The molecule has 0 bridgehead atoms. The van der Waals surface area contributed by atoms with Crippen molar-refractivity contribution in [2.45, 2.75) is 25.2 Å². The smallest absolute Gasteiger partial charge is 0.115 e. The van der Waals surface area contributed by atoms with Crippen LogP contribution in [0.3, 0.4) is 0 Å². The van der Waals surface area contributed by atoms with E-state index in [0.717, 1.165) is 5.30 Å². The first kappa shape index (κ1) is 15.3.